The first-order valence-electron chi connectivity index (χ1n) is 8.65. The van der Waals surface area contributed by atoms with E-state index in [2.05, 4.69) is 5.32 Å². The maximum absolute atomic E-state index is 12.2. The molecule has 2 N–H and O–H groups in total. The molecule has 0 aromatic rings. The average molecular weight is 360 g/mol. The number of amides is 1. The molecule has 0 atom stereocenters. The minimum atomic E-state index is -3.23. The van der Waals surface area contributed by atoms with E-state index in [9.17, 15) is 23.1 Å². The monoisotopic (exact) mass is 360 g/mol. The first-order valence-corrected chi connectivity index (χ1v) is 10.3. The van der Waals surface area contributed by atoms with Crippen LogP contribution in [0.5, 0.6) is 0 Å². The molecular weight excluding hydrogens is 332 g/mol. The van der Waals surface area contributed by atoms with Crippen molar-refractivity contribution in [1.29, 1.82) is 0 Å². The van der Waals surface area contributed by atoms with Gasteiger partial charge in [0.1, 0.15) is 0 Å². The Morgan fingerprint density at radius 1 is 1.25 bits per heavy atom. The zero-order chi connectivity index (χ0) is 18.0. The molecule has 0 unspecified atom stereocenters. The van der Waals surface area contributed by atoms with Crippen LogP contribution >= 0.6 is 0 Å². The summed E-state index contributed by atoms with van der Waals surface area (Å²) in [4.78, 5) is 23.5. The van der Waals surface area contributed by atoms with Crippen LogP contribution in [0.4, 0.5) is 0 Å². The van der Waals surface area contributed by atoms with Crippen LogP contribution in [0.25, 0.3) is 0 Å². The molecule has 138 valence electrons. The summed E-state index contributed by atoms with van der Waals surface area (Å²) >= 11 is 0. The number of aliphatic carboxylic acids is 1. The molecule has 0 aromatic carbocycles. The van der Waals surface area contributed by atoms with E-state index >= 15 is 0 Å². The normalized spacial score (nSPS) is 22.1. The summed E-state index contributed by atoms with van der Waals surface area (Å²) in [7, 11) is -3.23. The fourth-order valence-corrected chi connectivity index (χ4v) is 5.28. The van der Waals surface area contributed by atoms with Gasteiger partial charge in [-0.3, -0.25) is 9.59 Å². The van der Waals surface area contributed by atoms with E-state index in [1.165, 1.54) is 4.31 Å². The topological polar surface area (TPSA) is 104 Å². The number of carbonyl (C=O) groups is 2. The van der Waals surface area contributed by atoms with Crippen molar-refractivity contribution in [3.8, 4) is 0 Å². The maximum Gasteiger partial charge on any atom is 0.310 e. The van der Waals surface area contributed by atoms with Crippen LogP contribution in [-0.2, 0) is 19.6 Å². The van der Waals surface area contributed by atoms with Crippen molar-refractivity contribution in [2.45, 2.75) is 58.4 Å². The number of carboxylic acids is 1. The van der Waals surface area contributed by atoms with Crippen molar-refractivity contribution in [3.05, 3.63) is 0 Å². The lowest BCUT2D eigenvalue weighted by molar-refractivity contribution is -0.157. The molecule has 0 bridgehead atoms. The van der Waals surface area contributed by atoms with Gasteiger partial charge in [0, 0.05) is 25.6 Å². The van der Waals surface area contributed by atoms with Crippen LogP contribution in [0.2, 0.25) is 0 Å². The zero-order valence-corrected chi connectivity index (χ0v) is 15.3. The lowest BCUT2D eigenvalue weighted by Crippen LogP contribution is -2.49. The maximum atomic E-state index is 12.2. The Labute approximate surface area is 143 Å². The van der Waals surface area contributed by atoms with Crippen LogP contribution in [-0.4, -0.2) is 54.6 Å². The molecule has 2 aliphatic rings. The molecular formula is C16H28N2O5S. The lowest BCUT2D eigenvalue weighted by atomic mass is 9.66. The Balaban J connectivity index is 1.81. The minimum absolute atomic E-state index is 0.0220. The molecule has 7 nitrogen and oxygen atoms in total. The Hall–Kier alpha value is -1.15. The lowest BCUT2D eigenvalue weighted by Gasteiger charge is -2.38. The van der Waals surface area contributed by atoms with Gasteiger partial charge >= 0.3 is 5.97 Å². The highest BCUT2D eigenvalue weighted by Gasteiger charge is 2.46. The number of rotatable bonds is 7. The second kappa shape index (κ2) is 7.39. The smallest absolute Gasteiger partial charge is 0.310 e. The van der Waals surface area contributed by atoms with Crippen molar-refractivity contribution >= 4 is 21.9 Å². The fourth-order valence-electron chi connectivity index (χ4n) is 3.46. The number of piperidine rings is 1. The quantitative estimate of drug-likeness (QED) is 0.710. The molecule has 1 saturated heterocycles. The molecule has 0 aromatic heterocycles. The summed E-state index contributed by atoms with van der Waals surface area (Å²) in [5, 5.41) is 12.2. The van der Waals surface area contributed by atoms with Gasteiger partial charge < -0.3 is 10.4 Å². The minimum Gasteiger partial charge on any atom is -0.481 e. The van der Waals surface area contributed by atoms with Crippen LogP contribution in [0.3, 0.4) is 0 Å². The molecule has 24 heavy (non-hydrogen) atoms. The Morgan fingerprint density at radius 2 is 1.83 bits per heavy atom. The van der Waals surface area contributed by atoms with E-state index in [0.29, 0.717) is 38.8 Å². The summed E-state index contributed by atoms with van der Waals surface area (Å²) in [6.45, 7) is 4.57. The van der Waals surface area contributed by atoms with Crippen molar-refractivity contribution in [3.63, 3.8) is 0 Å². The van der Waals surface area contributed by atoms with E-state index in [1.54, 1.807) is 0 Å². The first kappa shape index (κ1) is 19.2. The van der Waals surface area contributed by atoms with E-state index in [0.717, 1.165) is 6.42 Å². The summed E-state index contributed by atoms with van der Waals surface area (Å²) in [6, 6.07) is -0.0751. The predicted molar refractivity (Wildman–Crippen MR) is 89.9 cm³/mol. The average Bonchev–Trinajstić information content (AvgIpc) is 2.41. The van der Waals surface area contributed by atoms with Gasteiger partial charge in [-0.15, -0.1) is 0 Å². The number of nitrogens with zero attached hydrogens (tertiary/aromatic N) is 1. The molecule has 1 aliphatic heterocycles. The summed E-state index contributed by atoms with van der Waals surface area (Å²) < 4.78 is 25.9. The van der Waals surface area contributed by atoms with Crippen molar-refractivity contribution < 1.29 is 23.1 Å². The fraction of sp³-hybridized carbons (Fsp3) is 0.875. The second-order valence-electron chi connectivity index (χ2n) is 7.53. The molecule has 0 radical (unpaired) electrons. The standard InChI is InChI=1S/C16H28N2O5S/c1-12(2)11-24(22,23)18-8-4-13(5-9-18)17-14(19)10-16(15(20)21)6-3-7-16/h12-13H,3-11H2,1-2H3,(H,17,19)(H,20,21). The molecule has 1 amide bonds. The van der Waals surface area contributed by atoms with Gasteiger partial charge in [0.2, 0.25) is 15.9 Å². The molecule has 2 rings (SSSR count). The molecule has 0 spiro atoms. The van der Waals surface area contributed by atoms with Crippen LogP contribution < -0.4 is 5.32 Å². The van der Waals surface area contributed by atoms with Crippen LogP contribution in [0.15, 0.2) is 0 Å². The molecule has 1 aliphatic carbocycles. The van der Waals surface area contributed by atoms with Crippen LogP contribution in [0.1, 0.15) is 52.4 Å². The third kappa shape index (κ3) is 4.47. The largest absolute Gasteiger partial charge is 0.481 e. The van der Waals surface area contributed by atoms with E-state index in [-0.39, 0.29) is 30.0 Å². The third-order valence-electron chi connectivity index (χ3n) is 5.02. The summed E-state index contributed by atoms with van der Waals surface area (Å²) in [5.74, 6) is -0.897. The first-order chi connectivity index (χ1) is 11.1. The number of carbonyl (C=O) groups excluding carboxylic acids is 1. The van der Waals surface area contributed by atoms with E-state index in [4.69, 9.17) is 0 Å². The van der Waals surface area contributed by atoms with E-state index < -0.39 is 21.4 Å². The van der Waals surface area contributed by atoms with E-state index in [1.807, 2.05) is 13.8 Å². The van der Waals surface area contributed by atoms with Gasteiger partial charge in [0.15, 0.2) is 0 Å². The Morgan fingerprint density at radius 3 is 2.25 bits per heavy atom. The molecule has 2 fully saturated rings. The molecule has 8 heteroatoms. The predicted octanol–water partition coefficient (Wildman–Crippen LogP) is 1.20. The number of carboxylic acid groups (broad SMARTS) is 1. The second-order valence-corrected chi connectivity index (χ2v) is 9.54. The Kier molecular flexibility index (Phi) is 5.91. The van der Waals surface area contributed by atoms with Gasteiger partial charge in [0.25, 0.3) is 0 Å². The number of hydrogen-bond donors (Lipinski definition) is 2. The highest BCUT2D eigenvalue weighted by atomic mass is 32.2. The number of nitrogens with one attached hydrogen (secondary N) is 1. The zero-order valence-electron chi connectivity index (χ0n) is 14.5. The SMILES string of the molecule is CC(C)CS(=O)(=O)N1CCC(NC(=O)CC2(C(=O)O)CCC2)CC1. The highest BCUT2D eigenvalue weighted by molar-refractivity contribution is 7.89. The molecule has 1 saturated carbocycles. The van der Waals surface area contributed by atoms with Crippen LogP contribution in [0, 0.1) is 11.3 Å². The highest BCUT2D eigenvalue weighted by Crippen LogP contribution is 2.44. The van der Waals surface area contributed by atoms with Crippen molar-refractivity contribution in [2.24, 2.45) is 11.3 Å². The van der Waals surface area contributed by atoms with Gasteiger partial charge in [0.05, 0.1) is 11.2 Å². The number of sulfonamides is 1. The summed E-state index contributed by atoms with van der Waals surface area (Å²) in [6.07, 6.45) is 3.13. The van der Waals surface area contributed by atoms with Crippen molar-refractivity contribution in [1.82, 2.24) is 9.62 Å². The van der Waals surface area contributed by atoms with Gasteiger partial charge in [-0.25, -0.2) is 12.7 Å². The van der Waals surface area contributed by atoms with Gasteiger partial charge in [-0.1, -0.05) is 20.3 Å². The van der Waals surface area contributed by atoms with Gasteiger partial charge in [-0.2, -0.15) is 0 Å². The molecule has 1 heterocycles. The summed E-state index contributed by atoms with van der Waals surface area (Å²) in [5.41, 5.74) is -0.884. The Bertz CT molecular complexity index is 575. The van der Waals surface area contributed by atoms with Gasteiger partial charge in [-0.05, 0) is 31.6 Å². The number of hydrogen-bond acceptors (Lipinski definition) is 4. The third-order valence-corrected chi connectivity index (χ3v) is 7.26. The van der Waals surface area contributed by atoms with Crippen molar-refractivity contribution in [2.75, 3.05) is 18.8 Å².